The summed E-state index contributed by atoms with van der Waals surface area (Å²) in [6.45, 7) is 3.03. The summed E-state index contributed by atoms with van der Waals surface area (Å²) in [7, 11) is 0. The van der Waals surface area contributed by atoms with E-state index >= 15 is 0 Å². The summed E-state index contributed by atoms with van der Waals surface area (Å²) in [4.78, 5) is 0. The first kappa shape index (κ1) is 8.38. The quantitative estimate of drug-likeness (QED) is 0.694. The van der Waals surface area contributed by atoms with Crippen LogP contribution in [0.2, 0.25) is 0 Å². The molecule has 3 nitrogen and oxygen atoms in total. The van der Waals surface area contributed by atoms with Crippen molar-refractivity contribution in [3.8, 4) is 11.5 Å². The number of benzene rings is 1. The SMILES string of the molecule is CCOC1COc2ccccc2O1. The Morgan fingerprint density at radius 1 is 1.38 bits per heavy atom. The standard InChI is InChI=1S/C10H12O3/c1-2-11-10-7-12-8-5-3-4-6-9(8)13-10/h3-6,10H,2,7H2,1H3. The fourth-order valence-electron chi connectivity index (χ4n) is 1.27. The van der Waals surface area contributed by atoms with Crippen molar-refractivity contribution in [1.29, 1.82) is 0 Å². The zero-order valence-corrected chi connectivity index (χ0v) is 7.53. The van der Waals surface area contributed by atoms with Gasteiger partial charge in [0.25, 0.3) is 0 Å². The predicted molar refractivity (Wildman–Crippen MR) is 48.0 cm³/mol. The summed E-state index contributed by atoms with van der Waals surface area (Å²) >= 11 is 0. The van der Waals surface area contributed by atoms with Crippen LogP contribution in [0.4, 0.5) is 0 Å². The molecule has 0 saturated carbocycles. The van der Waals surface area contributed by atoms with Gasteiger partial charge in [0.1, 0.15) is 0 Å². The van der Waals surface area contributed by atoms with Crippen molar-refractivity contribution in [3.63, 3.8) is 0 Å². The molecule has 1 aromatic rings. The number of hydrogen-bond acceptors (Lipinski definition) is 3. The Morgan fingerprint density at radius 3 is 2.92 bits per heavy atom. The maximum atomic E-state index is 5.53. The van der Waals surface area contributed by atoms with Gasteiger partial charge in [0.15, 0.2) is 18.1 Å². The lowest BCUT2D eigenvalue weighted by atomic mass is 10.3. The van der Waals surface area contributed by atoms with Crippen molar-refractivity contribution in [2.75, 3.05) is 13.2 Å². The Hall–Kier alpha value is -1.22. The average Bonchev–Trinajstić information content (AvgIpc) is 2.18. The van der Waals surface area contributed by atoms with Crippen LogP contribution in [0, 0.1) is 0 Å². The van der Waals surface area contributed by atoms with Crippen molar-refractivity contribution in [3.05, 3.63) is 24.3 Å². The summed E-state index contributed by atoms with van der Waals surface area (Å²) < 4.78 is 16.3. The average molecular weight is 180 g/mol. The smallest absolute Gasteiger partial charge is 0.234 e. The Balaban J connectivity index is 2.11. The summed E-state index contributed by atoms with van der Waals surface area (Å²) in [5, 5.41) is 0. The van der Waals surface area contributed by atoms with Gasteiger partial charge in [-0.1, -0.05) is 12.1 Å². The van der Waals surface area contributed by atoms with Crippen molar-refractivity contribution in [1.82, 2.24) is 0 Å². The number of rotatable bonds is 2. The van der Waals surface area contributed by atoms with Gasteiger partial charge >= 0.3 is 0 Å². The molecule has 0 amide bonds. The zero-order chi connectivity index (χ0) is 9.10. The fraction of sp³-hybridized carbons (Fsp3) is 0.400. The Kier molecular flexibility index (Phi) is 2.36. The molecule has 70 valence electrons. The largest absolute Gasteiger partial charge is 0.483 e. The van der Waals surface area contributed by atoms with E-state index in [1.165, 1.54) is 0 Å². The lowest BCUT2D eigenvalue weighted by Gasteiger charge is -2.25. The second-order valence-corrected chi connectivity index (χ2v) is 2.76. The predicted octanol–water partition coefficient (Wildman–Crippen LogP) is 1.82. The number of fused-ring (bicyclic) bond motifs is 1. The van der Waals surface area contributed by atoms with Crippen molar-refractivity contribution in [2.24, 2.45) is 0 Å². The highest BCUT2D eigenvalue weighted by Gasteiger charge is 2.19. The molecule has 1 unspecified atom stereocenters. The van der Waals surface area contributed by atoms with Gasteiger partial charge in [-0.15, -0.1) is 0 Å². The van der Waals surface area contributed by atoms with E-state index in [2.05, 4.69) is 0 Å². The summed E-state index contributed by atoms with van der Waals surface area (Å²) in [6.07, 6.45) is -0.264. The van der Waals surface area contributed by atoms with E-state index in [1.54, 1.807) is 0 Å². The normalized spacial score (nSPS) is 19.9. The number of para-hydroxylation sites is 2. The van der Waals surface area contributed by atoms with Crippen molar-refractivity contribution in [2.45, 2.75) is 13.2 Å². The third kappa shape index (κ3) is 1.75. The minimum absolute atomic E-state index is 0.264. The van der Waals surface area contributed by atoms with E-state index in [0.717, 1.165) is 11.5 Å². The lowest BCUT2D eigenvalue weighted by molar-refractivity contribution is -0.112. The highest BCUT2D eigenvalue weighted by Crippen LogP contribution is 2.30. The Labute approximate surface area is 77.2 Å². The molecule has 13 heavy (non-hydrogen) atoms. The molecule has 1 aliphatic rings. The Bertz CT molecular complexity index is 285. The van der Waals surface area contributed by atoms with E-state index in [4.69, 9.17) is 14.2 Å². The second-order valence-electron chi connectivity index (χ2n) is 2.76. The third-order valence-electron chi connectivity index (χ3n) is 1.84. The third-order valence-corrected chi connectivity index (χ3v) is 1.84. The van der Waals surface area contributed by atoms with Crippen LogP contribution >= 0.6 is 0 Å². The molecule has 0 bridgehead atoms. The number of hydrogen-bond donors (Lipinski definition) is 0. The minimum Gasteiger partial charge on any atom is -0.483 e. The number of ether oxygens (including phenoxy) is 3. The van der Waals surface area contributed by atoms with Crippen LogP contribution in [0.5, 0.6) is 11.5 Å². The first-order valence-electron chi connectivity index (χ1n) is 4.40. The van der Waals surface area contributed by atoms with Crippen molar-refractivity contribution >= 4 is 0 Å². The maximum absolute atomic E-state index is 5.53. The van der Waals surface area contributed by atoms with Crippen molar-refractivity contribution < 1.29 is 14.2 Å². The molecular weight excluding hydrogens is 168 g/mol. The first-order chi connectivity index (χ1) is 6.40. The summed E-state index contributed by atoms with van der Waals surface area (Å²) in [5.74, 6) is 1.55. The fourth-order valence-corrected chi connectivity index (χ4v) is 1.27. The van der Waals surface area contributed by atoms with Crippen LogP contribution in [0.15, 0.2) is 24.3 Å². The molecule has 0 fully saturated rings. The monoisotopic (exact) mass is 180 g/mol. The topological polar surface area (TPSA) is 27.7 Å². The van der Waals surface area contributed by atoms with E-state index < -0.39 is 0 Å². The summed E-state index contributed by atoms with van der Waals surface area (Å²) in [5.41, 5.74) is 0. The van der Waals surface area contributed by atoms with E-state index in [1.807, 2.05) is 31.2 Å². The molecule has 0 aliphatic carbocycles. The van der Waals surface area contributed by atoms with Gasteiger partial charge in [0.2, 0.25) is 6.29 Å². The minimum atomic E-state index is -0.264. The molecule has 0 spiro atoms. The van der Waals surface area contributed by atoms with Crippen LogP contribution < -0.4 is 9.47 Å². The zero-order valence-electron chi connectivity index (χ0n) is 7.53. The van der Waals surface area contributed by atoms with Crippen LogP contribution in [0.1, 0.15) is 6.92 Å². The molecule has 0 N–H and O–H groups in total. The van der Waals surface area contributed by atoms with E-state index in [9.17, 15) is 0 Å². The highest BCUT2D eigenvalue weighted by atomic mass is 16.7. The van der Waals surface area contributed by atoms with Gasteiger partial charge in [0, 0.05) is 6.61 Å². The van der Waals surface area contributed by atoms with E-state index in [0.29, 0.717) is 13.2 Å². The molecule has 0 aromatic heterocycles. The molecule has 0 radical (unpaired) electrons. The molecule has 3 heteroatoms. The molecule has 2 rings (SSSR count). The van der Waals surface area contributed by atoms with Gasteiger partial charge < -0.3 is 14.2 Å². The van der Waals surface area contributed by atoms with Crippen LogP contribution in [0.25, 0.3) is 0 Å². The van der Waals surface area contributed by atoms with Gasteiger partial charge in [-0.25, -0.2) is 0 Å². The molecule has 1 aliphatic heterocycles. The van der Waals surface area contributed by atoms with Crippen LogP contribution in [-0.2, 0) is 4.74 Å². The molecule has 1 heterocycles. The summed E-state index contributed by atoms with van der Waals surface area (Å²) in [6, 6.07) is 7.59. The van der Waals surface area contributed by atoms with Crippen LogP contribution in [0.3, 0.4) is 0 Å². The van der Waals surface area contributed by atoms with Crippen LogP contribution in [-0.4, -0.2) is 19.5 Å². The Morgan fingerprint density at radius 2 is 2.15 bits per heavy atom. The maximum Gasteiger partial charge on any atom is 0.234 e. The molecule has 1 aromatic carbocycles. The van der Waals surface area contributed by atoms with Gasteiger partial charge in [-0.05, 0) is 19.1 Å². The molecule has 1 atom stereocenters. The van der Waals surface area contributed by atoms with Gasteiger partial charge in [-0.3, -0.25) is 0 Å². The molecule has 0 saturated heterocycles. The highest BCUT2D eigenvalue weighted by molar-refractivity contribution is 5.40. The first-order valence-corrected chi connectivity index (χ1v) is 4.40. The van der Waals surface area contributed by atoms with Gasteiger partial charge in [-0.2, -0.15) is 0 Å². The van der Waals surface area contributed by atoms with Gasteiger partial charge in [0.05, 0.1) is 0 Å². The van der Waals surface area contributed by atoms with E-state index in [-0.39, 0.29) is 6.29 Å². The lowest BCUT2D eigenvalue weighted by Crippen LogP contribution is -2.31. The second kappa shape index (κ2) is 3.66. The molecular formula is C10H12O3.